The molecule has 1 fully saturated rings. The number of nitrogens with zero attached hydrogens (tertiary/aromatic N) is 4. The maximum absolute atomic E-state index is 11.9. The van der Waals surface area contributed by atoms with Gasteiger partial charge >= 0.3 is 6.09 Å². The molecular formula is C22H32N4O4. The number of hydrogen-bond acceptors (Lipinski definition) is 5. The third kappa shape index (κ3) is 3.49. The summed E-state index contributed by atoms with van der Waals surface area (Å²) in [6, 6.07) is 5.99. The van der Waals surface area contributed by atoms with Gasteiger partial charge in [-0.25, -0.2) is 9.78 Å². The summed E-state index contributed by atoms with van der Waals surface area (Å²) in [4.78, 5) is 20.0. The van der Waals surface area contributed by atoms with Crippen molar-refractivity contribution in [3.63, 3.8) is 0 Å². The highest BCUT2D eigenvalue weighted by molar-refractivity contribution is 5.68. The minimum atomic E-state index is -1.02. The van der Waals surface area contributed by atoms with Gasteiger partial charge in [-0.3, -0.25) is 4.90 Å². The monoisotopic (exact) mass is 416 g/mol. The molecule has 1 amide bonds. The topological polar surface area (TPSA) is 91.1 Å². The Balaban J connectivity index is 2.02. The Labute approximate surface area is 177 Å². The van der Waals surface area contributed by atoms with Crippen LogP contribution < -0.4 is 9.64 Å². The number of hydrogen-bond donors (Lipinski definition) is 2. The third-order valence-electron chi connectivity index (χ3n) is 6.34. The maximum Gasteiger partial charge on any atom is 0.407 e. The van der Waals surface area contributed by atoms with Crippen molar-refractivity contribution in [2.24, 2.45) is 5.41 Å². The Hall–Kier alpha value is -2.74. The van der Waals surface area contributed by atoms with Crippen LogP contribution in [0.25, 0.3) is 5.82 Å². The van der Waals surface area contributed by atoms with Crippen LogP contribution in [0.3, 0.4) is 0 Å². The molecule has 1 unspecified atom stereocenters. The highest BCUT2D eigenvalue weighted by Crippen LogP contribution is 2.41. The fraction of sp³-hybridized carbons (Fsp3) is 0.545. The van der Waals surface area contributed by atoms with E-state index < -0.39 is 17.0 Å². The average Bonchev–Trinajstić information content (AvgIpc) is 3.04. The van der Waals surface area contributed by atoms with E-state index in [4.69, 9.17) is 4.74 Å². The van der Waals surface area contributed by atoms with Gasteiger partial charge in [-0.15, -0.1) is 0 Å². The van der Waals surface area contributed by atoms with E-state index in [-0.39, 0.29) is 13.2 Å². The first-order valence-corrected chi connectivity index (χ1v) is 10.1. The van der Waals surface area contributed by atoms with Crippen LogP contribution in [0.15, 0.2) is 24.4 Å². The molecular weight excluding hydrogens is 384 g/mol. The van der Waals surface area contributed by atoms with Crippen LogP contribution in [-0.2, 0) is 0 Å². The second kappa shape index (κ2) is 7.83. The first-order chi connectivity index (χ1) is 14.1. The molecule has 0 aliphatic carbocycles. The second-order valence-electron chi connectivity index (χ2n) is 8.96. The van der Waals surface area contributed by atoms with Gasteiger partial charge < -0.3 is 24.4 Å². The Bertz CT molecular complexity index is 914. The number of ether oxygens (including phenoxy) is 1. The van der Waals surface area contributed by atoms with Crippen molar-refractivity contribution in [1.82, 2.24) is 14.5 Å². The Kier molecular flexibility index (Phi) is 5.73. The van der Waals surface area contributed by atoms with E-state index in [0.717, 1.165) is 22.9 Å². The Morgan fingerprint density at radius 3 is 2.37 bits per heavy atom. The largest absolute Gasteiger partial charge is 0.494 e. The van der Waals surface area contributed by atoms with Crippen molar-refractivity contribution in [3.8, 4) is 11.6 Å². The van der Waals surface area contributed by atoms with Crippen LogP contribution >= 0.6 is 0 Å². The van der Waals surface area contributed by atoms with E-state index in [2.05, 4.69) is 14.5 Å². The molecule has 0 saturated carbocycles. The normalized spacial score (nSPS) is 19.8. The standard InChI is InChI=1S/C22H32N4O4/c1-15-7-8-16(2)26(15)19-11-18(30-6)17(12-23-19)24-9-10-25(20(28)29)22(13-24,14-27)21(3,4)5/h7-8,11-12,27H,9-10,13-14H2,1-6H3,(H,28,29). The molecule has 8 heteroatoms. The maximum atomic E-state index is 11.9. The third-order valence-corrected chi connectivity index (χ3v) is 6.34. The molecule has 1 aliphatic heterocycles. The molecule has 3 rings (SSSR count). The smallest absolute Gasteiger partial charge is 0.407 e. The summed E-state index contributed by atoms with van der Waals surface area (Å²) >= 11 is 0. The van der Waals surface area contributed by atoms with Crippen LogP contribution in [0.5, 0.6) is 5.75 Å². The van der Waals surface area contributed by atoms with E-state index in [1.54, 1.807) is 13.3 Å². The number of pyridine rings is 1. The van der Waals surface area contributed by atoms with Crippen LogP contribution in [0.1, 0.15) is 32.2 Å². The minimum absolute atomic E-state index is 0.269. The zero-order valence-electron chi connectivity index (χ0n) is 18.6. The first-order valence-electron chi connectivity index (χ1n) is 10.1. The summed E-state index contributed by atoms with van der Waals surface area (Å²) in [7, 11) is 1.62. The lowest BCUT2D eigenvalue weighted by Crippen LogP contribution is -2.71. The Morgan fingerprint density at radius 2 is 1.87 bits per heavy atom. The summed E-state index contributed by atoms with van der Waals surface area (Å²) < 4.78 is 7.75. The van der Waals surface area contributed by atoms with Gasteiger partial charge in [0.2, 0.25) is 0 Å². The highest BCUT2D eigenvalue weighted by Gasteiger charge is 2.52. The number of aliphatic hydroxyl groups excluding tert-OH is 1. The van der Waals surface area contributed by atoms with Crippen LogP contribution in [0.4, 0.5) is 10.5 Å². The molecule has 8 nitrogen and oxygen atoms in total. The van der Waals surface area contributed by atoms with Crippen molar-refractivity contribution >= 4 is 11.8 Å². The van der Waals surface area contributed by atoms with Crippen molar-refractivity contribution in [2.45, 2.75) is 40.2 Å². The molecule has 0 bridgehead atoms. The molecule has 0 aromatic carbocycles. The number of anilines is 1. The van der Waals surface area contributed by atoms with Gasteiger partial charge in [0.15, 0.2) is 0 Å². The van der Waals surface area contributed by atoms with Gasteiger partial charge in [-0.2, -0.15) is 0 Å². The van der Waals surface area contributed by atoms with Crippen LogP contribution in [0, 0.1) is 19.3 Å². The molecule has 1 atom stereocenters. The second-order valence-corrected chi connectivity index (χ2v) is 8.96. The number of rotatable bonds is 4. The summed E-state index contributed by atoms with van der Waals surface area (Å²) in [6.07, 6.45) is 0.756. The average molecular weight is 417 g/mol. The molecule has 2 N–H and O–H groups in total. The molecule has 1 aliphatic rings. The van der Waals surface area contributed by atoms with Crippen LogP contribution in [-0.4, -0.2) is 69.6 Å². The van der Waals surface area contributed by atoms with E-state index in [1.165, 1.54) is 4.90 Å². The molecule has 30 heavy (non-hydrogen) atoms. The first kappa shape index (κ1) is 22.0. The lowest BCUT2D eigenvalue weighted by atomic mass is 9.71. The molecule has 1 saturated heterocycles. The number of carboxylic acid groups (broad SMARTS) is 1. The number of piperazine rings is 1. The van der Waals surface area contributed by atoms with Crippen molar-refractivity contribution in [1.29, 1.82) is 0 Å². The van der Waals surface area contributed by atoms with Gasteiger partial charge in [0, 0.05) is 37.1 Å². The Morgan fingerprint density at radius 1 is 1.23 bits per heavy atom. The molecule has 0 spiro atoms. The fourth-order valence-corrected chi connectivity index (χ4v) is 4.39. The van der Waals surface area contributed by atoms with Crippen molar-refractivity contribution in [3.05, 3.63) is 35.8 Å². The van der Waals surface area contributed by atoms with Gasteiger partial charge in [0.05, 0.1) is 31.1 Å². The van der Waals surface area contributed by atoms with Gasteiger partial charge in [-0.1, -0.05) is 20.8 Å². The molecule has 2 aromatic rings. The summed E-state index contributed by atoms with van der Waals surface area (Å²) in [5.74, 6) is 1.43. The quantitative estimate of drug-likeness (QED) is 0.796. The number of aryl methyl sites for hydroxylation is 2. The van der Waals surface area contributed by atoms with E-state index in [0.29, 0.717) is 18.8 Å². The van der Waals surface area contributed by atoms with Gasteiger partial charge in [0.1, 0.15) is 11.6 Å². The number of aromatic nitrogens is 2. The molecule has 2 aromatic heterocycles. The fourth-order valence-electron chi connectivity index (χ4n) is 4.39. The zero-order valence-corrected chi connectivity index (χ0v) is 18.6. The lowest BCUT2D eigenvalue weighted by molar-refractivity contribution is -0.0418. The molecule has 3 heterocycles. The molecule has 164 valence electrons. The number of aliphatic hydroxyl groups is 1. The summed E-state index contributed by atoms with van der Waals surface area (Å²) in [6.45, 7) is 10.8. The minimum Gasteiger partial charge on any atom is -0.494 e. The van der Waals surface area contributed by atoms with Gasteiger partial charge in [0.25, 0.3) is 0 Å². The number of methoxy groups -OCH3 is 1. The predicted molar refractivity (Wildman–Crippen MR) is 116 cm³/mol. The van der Waals surface area contributed by atoms with Gasteiger partial charge in [-0.05, 0) is 31.4 Å². The van der Waals surface area contributed by atoms with Crippen molar-refractivity contribution < 1.29 is 19.7 Å². The zero-order chi connectivity index (χ0) is 22.3. The van der Waals surface area contributed by atoms with Crippen LogP contribution in [0.2, 0.25) is 0 Å². The highest BCUT2D eigenvalue weighted by atomic mass is 16.5. The summed E-state index contributed by atoms with van der Waals surface area (Å²) in [5, 5.41) is 20.1. The van der Waals surface area contributed by atoms with E-state index in [9.17, 15) is 15.0 Å². The van der Waals surface area contributed by atoms with Crippen molar-refractivity contribution in [2.75, 3.05) is 38.3 Å². The molecule has 0 radical (unpaired) electrons. The SMILES string of the molecule is COc1cc(-n2c(C)ccc2C)ncc1N1CCN(C(=O)O)C(CO)(C(C)(C)C)C1. The van der Waals surface area contributed by atoms with E-state index in [1.807, 2.05) is 52.8 Å². The number of amides is 1. The lowest BCUT2D eigenvalue weighted by Gasteiger charge is -2.55. The van der Waals surface area contributed by atoms with E-state index >= 15 is 0 Å². The summed E-state index contributed by atoms with van der Waals surface area (Å²) in [5.41, 5.74) is 1.53. The predicted octanol–water partition coefficient (Wildman–Crippen LogP) is 3.07. The number of carbonyl (C=O) groups is 1.